The summed E-state index contributed by atoms with van der Waals surface area (Å²) in [5.41, 5.74) is 0. The van der Waals surface area contributed by atoms with Crippen molar-refractivity contribution in [1.82, 2.24) is 10.6 Å². The lowest BCUT2D eigenvalue weighted by Crippen LogP contribution is -2.31. The average Bonchev–Trinajstić information content (AvgIpc) is 2.19. The number of urea groups is 1. The van der Waals surface area contributed by atoms with Gasteiger partial charge in [-0.15, -0.1) is 0 Å². The van der Waals surface area contributed by atoms with Gasteiger partial charge in [-0.05, 0) is 12.8 Å². The third kappa shape index (κ3) is 9.36. The van der Waals surface area contributed by atoms with Gasteiger partial charge in [-0.1, -0.05) is 39.5 Å². The number of carbonyl (C=O) groups excluding carboxylic acids is 1. The molecule has 0 aliphatic carbocycles. The molecule has 0 aromatic carbocycles. The first-order chi connectivity index (χ1) is 6.81. The summed E-state index contributed by atoms with van der Waals surface area (Å²) in [4.78, 5) is 11.1. The second kappa shape index (κ2) is 10.4. The van der Waals surface area contributed by atoms with Gasteiger partial charge in [-0.3, -0.25) is 0 Å². The molecule has 3 heteroatoms. The van der Waals surface area contributed by atoms with Crippen molar-refractivity contribution in [3.8, 4) is 0 Å². The van der Waals surface area contributed by atoms with E-state index in [2.05, 4.69) is 24.5 Å². The van der Waals surface area contributed by atoms with Crippen LogP contribution in [0.5, 0.6) is 0 Å². The largest absolute Gasteiger partial charge is 0.337 e. The first-order valence-electron chi connectivity index (χ1n) is 5.76. The molecule has 0 atom stereocenters. The molecule has 0 rings (SSSR count). The second-order valence-corrected chi connectivity index (χ2v) is 3.53. The highest BCUT2D eigenvalue weighted by Gasteiger charge is 1.99. The van der Waals surface area contributed by atoms with Crippen LogP contribution in [0.15, 0.2) is 0 Å². The van der Waals surface area contributed by atoms with E-state index in [1.807, 2.05) is 0 Å². The molecule has 0 aromatic rings. The van der Waals surface area contributed by atoms with Crippen molar-refractivity contribution >= 4 is 6.03 Å². The summed E-state index contributed by atoms with van der Waals surface area (Å²) in [7, 11) is 0. The first-order valence-corrected chi connectivity index (χ1v) is 5.76. The van der Waals surface area contributed by atoms with Crippen molar-refractivity contribution in [3.63, 3.8) is 0 Å². The summed E-state index contributed by atoms with van der Waals surface area (Å²) < 4.78 is 0. The third-order valence-electron chi connectivity index (χ3n) is 2.07. The van der Waals surface area contributed by atoms with Crippen LogP contribution in [0.3, 0.4) is 0 Å². The number of nitrogens with zero attached hydrogens (tertiary/aromatic N) is 1. The minimum absolute atomic E-state index is 0.141. The molecule has 0 fully saturated rings. The highest BCUT2D eigenvalue weighted by atomic mass is 16.2. The van der Waals surface area contributed by atoms with Gasteiger partial charge in [0.25, 0.3) is 0 Å². The van der Waals surface area contributed by atoms with Crippen molar-refractivity contribution in [1.29, 1.82) is 0 Å². The number of unbranched alkanes of at least 4 members (excludes halogenated alkanes) is 4. The van der Waals surface area contributed by atoms with Crippen LogP contribution in [0.2, 0.25) is 0 Å². The molecular formula is C11H23N2O. The van der Waals surface area contributed by atoms with Crippen LogP contribution in [0, 0.1) is 0 Å². The molecule has 0 aliphatic rings. The van der Waals surface area contributed by atoms with Crippen molar-refractivity contribution in [2.24, 2.45) is 0 Å². The molecule has 0 unspecified atom stereocenters. The quantitative estimate of drug-likeness (QED) is 0.600. The molecular weight excluding hydrogens is 176 g/mol. The number of amides is 2. The zero-order valence-corrected chi connectivity index (χ0v) is 9.51. The maximum Gasteiger partial charge on any atom is 0.336 e. The summed E-state index contributed by atoms with van der Waals surface area (Å²) in [5, 5.41) is 6.70. The Morgan fingerprint density at radius 3 is 2.36 bits per heavy atom. The van der Waals surface area contributed by atoms with Crippen molar-refractivity contribution in [3.05, 3.63) is 0 Å². The zero-order valence-electron chi connectivity index (χ0n) is 9.51. The fourth-order valence-corrected chi connectivity index (χ4v) is 1.17. The van der Waals surface area contributed by atoms with E-state index in [1.165, 1.54) is 19.3 Å². The molecule has 0 bridgehead atoms. The topological polar surface area (TPSA) is 43.2 Å². The van der Waals surface area contributed by atoms with Gasteiger partial charge in [0.15, 0.2) is 0 Å². The van der Waals surface area contributed by atoms with Crippen LogP contribution in [0.1, 0.15) is 52.4 Å². The number of hydrogen-bond acceptors (Lipinski definition) is 1. The minimum Gasteiger partial charge on any atom is -0.337 e. The highest BCUT2D eigenvalue weighted by molar-refractivity contribution is 5.73. The summed E-state index contributed by atoms with van der Waals surface area (Å²) in [6, 6.07) is -0.141. The van der Waals surface area contributed by atoms with Gasteiger partial charge in [-0.25, -0.2) is 10.1 Å². The summed E-state index contributed by atoms with van der Waals surface area (Å²) in [6.45, 7) is 5.74. The Balaban J connectivity index is 3.11. The van der Waals surface area contributed by atoms with Gasteiger partial charge in [0.1, 0.15) is 0 Å². The average molecular weight is 199 g/mol. The van der Waals surface area contributed by atoms with E-state index in [0.29, 0.717) is 6.54 Å². The minimum atomic E-state index is -0.141. The van der Waals surface area contributed by atoms with Gasteiger partial charge in [0.2, 0.25) is 0 Å². The zero-order chi connectivity index (χ0) is 10.6. The van der Waals surface area contributed by atoms with Gasteiger partial charge < -0.3 is 5.32 Å². The van der Waals surface area contributed by atoms with E-state index in [4.69, 9.17) is 0 Å². The normalized spacial score (nSPS) is 9.86. The predicted octanol–water partition coefficient (Wildman–Crippen LogP) is 2.68. The Hall–Kier alpha value is -0.730. The standard InChI is InChI=1S/C11H23N2O/c1-3-5-7-9-12-11(14)13-10-8-6-4-2/h3-10H2,1-2H3,(H,12,14). The van der Waals surface area contributed by atoms with E-state index >= 15 is 0 Å². The molecule has 0 saturated heterocycles. The fourth-order valence-electron chi connectivity index (χ4n) is 1.17. The Labute approximate surface area is 87.6 Å². The van der Waals surface area contributed by atoms with E-state index in [9.17, 15) is 4.79 Å². The van der Waals surface area contributed by atoms with E-state index in [0.717, 1.165) is 25.8 Å². The van der Waals surface area contributed by atoms with Crippen LogP contribution in [0.4, 0.5) is 4.79 Å². The Morgan fingerprint density at radius 2 is 1.71 bits per heavy atom. The van der Waals surface area contributed by atoms with E-state index in [-0.39, 0.29) is 6.03 Å². The lowest BCUT2D eigenvalue weighted by atomic mass is 10.2. The van der Waals surface area contributed by atoms with E-state index < -0.39 is 0 Å². The molecule has 0 heterocycles. The molecule has 0 saturated carbocycles. The SMILES string of the molecule is CCCCC[N]C(=O)NCCCCC. The van der Waals surface area contributed by atoms with Gasteiger partial charge in [0.05, 0.1) is 0 Å². The van der Waals surface area contributed by atoms with Gasteiger partial charge in [0, 0.05) is 13.1 Å². The third-order valence-corrected chi connectivity index (χ3v) is 2.07. The maximum atomic E-state index is 11.1. The summed E-state index contributed by atoms with van der Waals surface area (Å²) >= 11 is 0. The Bertz CT molecular complexity index is 123. The number of hydrogen-bond donors (Lipinski definition) is 1. The van der Waals surface area contributed by atoms with Crippen LogP contribution < -0.4 is 10.6 Å². The number of rotatable bonds is 8. The summed E-state index contributed by atoms with van der Waals surface area (Å²) in [6.07, 6.45) is 6.78. The Morgan fingerprint density at radius 1 is 1.07 bits per heavy atom. The lowest BCUT2D eigenvalue weighted by molar-refractivity contribution is 0.239. The molecule has 2 amide bonds. The molecule has 14 heavy (non-hydrogen) atoms. The highest BCUT2D eigenvalue weighted by Crippen LogP contribution is 1.92. The molecule has 3 nitrogen and oxygen atoms in total. The van der Waals surface area contributed by atoms with Crippen molar-refractivity contribution < 1.29 is 4.79 Å². The molecule has 83 valence electrons. The van der Waals surface area contributed by atoms with Crippen molar-refractivity contribution in [2.45, 2.75) is 52.4 Å². The Kier molecular flexibility index (Phi) is 9.81. The molecule has 1 N–H and O–H groups in total. The van der Waals surface area contributed by atoms with Crippen molar-refractivity contribution in [2.75, 3.05) is 13.1 Å². The second-order valence-electron chi connectivity index (χ2n) is 3.53. The fraction of sp³-hybridized carbons (Fsp3) is 0.909. The maximum absolute atomic E-state index is 11.1. The van der Waals surface area contributed by atoms with Crippen LogP contribution in [0.25, 0.3) is 0 Å². The number of carbonyl (C=O) groups is 1. The summed E-state index contributed by atoms with van der Waals surface area (Å²) in [5.74, 6) is 0. The molecule has 0 aliphatic heterocycles. The molecule has 1 radical (unpaired) electrons. The number of nitrogens with one attached hydrogen (secondary N) is 1. The predicted molar refractivity (Wildman–Crippen MR) is 59.4 cm³/mol. The molecule has 0 aromatic heterocycles. The van der Waals surface area contributed by atoms with E-state index in [1.54, 1.807) is 0 Å². The van der Waals surface area contributed by atoms with Gasteiger partial charge >= 0.3 is 6.03 Å². The molecule has 0 spiro atoms. The smallest absolute Gasteiger partial charge is 0.336 e. The van der Waals surface area contributed by atoms with Crippen LogP contribution >= 0.6 is 0 Å². The first kappa shape index (κ1) is 13.3. The van der Waals surface area contributed by atoms with Crippen LogP contribution in [-0.4, -0.2) is 19.1 Å². The lowest BCUT2D eigenvalue weighted by Gasteiger charge is -2.04. The monoisotopic (exact) mass is 199 g/mol. The van der Waals surface area contributed by atoms with Gasteiger partial charge in [-0.2, -0.15) is 0 Å². The van der Waals surface area contributed by atoms with Crippen LogP contribution in [-0.2, 0) is 0 Å².